The van der Waals surface area contributed by atoms with Gasteiger partial charge in [0.05, 0.1) is 17.1 Å². The number of aromatic nitrogens is 2. The normalized spacial score (nSPS) is 11.5. The van der Waals surface area contributed by atoms with E-state index in [0.717, 1.165) is 5.56 Å². The van der Waals surface area contributed by atoms with Crippen molar-refractivity contribution in [1.82, 2.24) is 14.7 Å². The van der Waals surface area contributed by atoms with Crippen LogP contribution in [0.25, 0.3) is 0 Å². The molecule has 0 spiro atoms. The van der Waals surface area contributed by atoms with Crippen LogP contribution in [0.15, 0.2) is 46.2 Å². The van der Waals surface area contributed by atoms with Gasteiger partial charge in [-0.1, -0.05) is 6.07 Å². The topological polar surface area (TPSA) is 72.0 Å². The molecule has 0 bridgehead atoms. The third-order valence-corrected chi connectivity index (χ3v) is 4.84. The number of hydrogen-bond donors (Lipinski definition) is 1. The zero-order valence-corrected chi connectivity index (χ0v) is 12.6. The van der Waals surface area contributed by atoms with Gasteiger partial charge in [-0.2, -0.15) is 0 Å². The lowest BCUT2D eigenvalue weighted by atomic mass is 10.2. The minimum atomic E-state index is -3.56. The summed E-state index contributed by atoms with van der Waals surface area (Å²) < 4.78 is 27.4. The predicted octanol–water partition coefficient (Wildman–Crippen LogP) is 2.03. The van der Waals surface area contributed by atoms with Gasteiger partial charge < -0.3 is 0 Å². The lowest BCUT2D eigenvalue weighted by molar-refractivity contribution is 0.580. The van der Waals surface area contributed by atoms with Crippen LogP contribution in [0, 0.1) is 6.92 Å². The van der Waals surface area contributed by atoms with Gasteiger partial charge in [0.15, 0.2) is 0 Å². The Morgan fingerprint density at radius 2 is 2.11 bits per heavy atom. The fraction of sp³-hybridized carbons (Fsp3) is 0.167. The summed E-state index contributed by atoms with van der Waals surface area (Å²) >= 11 is 3.26. The molecule has 2 aromatic rings. The summed E-state index contributed by atoms with van der Waals surface area (Å²) in [4.78, 5) is 7.95. The maximum atomic E-state index is 12.2. The van der Waals surface area contributed by atoms with Crippen LogP contribution in [0.2, 0.25) is 0 Å². The van der Waals surface area contributed by atoms with Crippen LogP contribution in [0.4, 0.5) is 0 Å². The highest BCUT2D eigenvalue weighted by Crippen LogP contribution is 2.22. The molecule has 7 heteroatoms. The summed E-state index contributed by atoms with van der Waals surface area (Å²) in [6.45, 7) is 2.03. The molecule has 5 nitrogen and oxygen atoms in total. The van der Waals surface area contributed by atoms with E-state index in [0.29, 0.717) is 10.2 Å². The van der Waals surface area contributed by atoms with Gasteiger partial charge in [-0.3, -0.25) is 0 Å². The number of rotatable bonds is 4. The lowest BCUT2D eigenvalue weighted by Gasteiger charge is -2.08. The van der Waals surface area contributed by atoms with E-state index in [2.05, 4.69) is 30.6 Å². The molecule has 0 aliphatic carbocycles. The van der Waals surface area contributed by atoms with Crippen molar-refractivity contribution in [2.24, 2.45) is 0 Å². The van der Waals surface area contributed by atoms with E-state index in [9.17, 15) is 8.42 Å². The average molecular weight is 342 g/mol. The quantitative estimate of drug-likeness (QED) is 0.923. The van der Waals surface area contributed by atoms with Crippen LogP contribution in [-0.4, -0.2) is 18.4 Å². The number of nitrogens with zero attached hydrogens (tertiary/aromatic N) is 2. The van der Waals surface area contributed by atoms with Crippen molar-refractivity contribution in [3.63, 3.8) is 0 Å². The molecule has 19 heavy (non-hydrogen) atoms. The van der Waals surface area contributed by atoms with Crippen molar-refractivity contribution >= 4 is 26.0 Å². The Morgan fingerprint density at radius 3 is 2.74 bits per heavy atom. The molecule has 0 aliphatic heterocycles. The zero-order valence-electron chi connectivity index (χ0n) is 10.2. The highest BCUT2D eigenvalue weighted by Gasteiger charge is 2.17. The molecule has 100 valence electrons. The Balaban J connectivity index is 2.19. The zero-order chi connectivity index (χ0) is 13.9. The molecule has 0 aliphatic rings. The number of aryl methyl sites for hydroxylation is 1. The molecule has 1 heterocycles. The molecule has 0 fully saturated rings. The lowest BCUT2D eigenvalue weighted by Crippen LogP contribution is -2.24. The second kappa shape index (κ2) is 5.77. The highest BCUT2D eigenvalue weighted by molar-refractivity contribution is 9.10. The van der Waals surface area contributed by atoms with E-state index < -0.39 is 10.0 Å². The molecule has 0 atom stereocenters. The third kappa shape index (κ3) is 3.59. The summed E-state index contributed by atoms with van der Waals surface area (Å²) in [5.74, 6) is 0. The summed E-state index contributed by atoms with van der Waals surface area (Å²) in [7, 11) is -3.56. The van der Waals surface area contributed by atoms with Gasteiger partial charge >= 0.3 is 0 Å². The second-order valence-corrected chi connectivity index (χ2v) is 6.55. The molecule has 0 saturated heterocycles. The summed E-state index contributed by atoms with van der Waals surface area (Å²) in [6, 6.07) is 6.75. The smallest absolute Gasteiger partial charge is 0.242 e. The van der Waals surface area contributed by atoms with E-state index in [-0.39, 0.29) is 11.4 Å². The maximum absolute atomic E-state index is 12.2. The minimum absolute atomic E-state index is 0.130. The Kier molecular flexibility index (Phi) is 4.28. The van der Waals surface area contributed by atoms with Crippen LogP contribution in [0.1, 0.15) is 11.3 Å². The first kappa shape index (κ1) is 14.1. The molecular formula is C12H12BrN3O2S. The van der Waals surface area contributed by atoms with Crippen LogP contribution in [-0.2, 0) is 16.6 Å². The Labute approximate surface area is 120 Å². The van der Waals surface area contributed by atoms with E-state index in [1.807, 2.05) is 6.92 Å². The van der Waals surface area contributed by atoms with Gasteiger partial charge in [0.2, 0.25) is 10.0 Å². The summed E-state index contributed by atoms with van der Waals surface area (Å²) in [5, 5.41) is 0. The monoisotopic (exact) mass is 341 g/mol. The molecule has 1 N–H and O–H groups in total. The minimum Gasteiger partial charge on any atom is -0.245 e. The number of halogens is 1. The SMILES string of the molecule is Cc1ccc(S(=O)(=O)NCc2ccncn2)c(Br)c1. The first-order valence-electron chi connectivity index (χ1n) is 5.50. The Hall–Kier alpha value is -1.31. The molecule has 2 rings (SSSR count). The van der Waals surface area contributed by atoms with Gasteiger partial charge in [-0.15, -0.1) is 0 Å². The Morgan fingerprint density at radius 1 is 1.32 bits per heavy atom. The molecule has 0 amide bonds. The number of nitrogens with one attached hydrogen (secondary N) is 1. The predicted molar refractivity (Wildman–Crippen MR) is 74.9 cm³/mol. The van der Waals surface area contributed by atoms with E-state index in [4.69, 9.17) is 0 Å². The van der Waals surface area contributed by atoms with Gasteiger partial charge in [-0.25, -0.2) is 23.1 Å². The van der Waals surface area contributed by atoms with Crippen molar-refractivity contribution < 1.29 is 8.42 Å². The number of sulfonamides is 1. The molecular weight excluding hydrogens is 330 g/mol. The summed E-state index contributed by atoms with van der Waals surface area (Å²) in [6.07, 6.45) is 2.95. The van der Waals surface area contributed by atoms with E-state index in [1.165, 1.54) is 6.33 Å². The van der Waals surface area contributed by atoms with Gasteiger partial charge in [0.25, 0.3) is 0 Å². The van der Waals surface area contributed by atoms with Crippen molar-refractivity contribution in [3.05, 3.63) is 52.5 Å². The van der Waals surface area contributed by atoms with Crippen molar-refractivity contribution in [1.29, 1.82) is 0 Å². The second-order valence-electron chi connectivity index (χ2n) is 3.96. The van der Waals surface area contributed by atoms with E-state index in [1.54, 1.807) is 30.5 Å². The van der Waals surface area contributed by atoms with Gasteiger partial charge in [0.1, 0.15) is 6.33 Å². The van der Waals surface area contributed by atoms with Crippen molar-refractivity contribution in [3.8, 4) is 0 Å². The highest BCUT2D eigenvalue weighted by atomic mass is 79.9. The largest absolute Gasteiger partial charge is 0.245 e. The van der Waals surface area contributed by atoms with Gasteiger partial charge in [0, 0.05) is 10.7 Å². The third-order valence-electron chi connectivity index (χ3n) is 2.46. The first-order valence-corrected chi connectivity index (χ1v) is 7.77. The maximum Gasteiger partial charge on any atom is 0.242 e. The molecule has 1 aromatic heterocycles. The summed E-state index contributed by atoms with van der Waals surface area (Å²) in [5.41, 5.74) is 1.60. The van der Waals surface area contributed by atoms with Gasteiger partial charge in [-0.05, 0) is 46.6 Å². The Bertz CT molecular complexity index is 675. The molecule has 0 radical (unpaired) electrons. The van der Waals surface area contributed by atoms with E-state index >= 15 is 0 Å². The van der Waals surface area contributed by atoms with Crippen LogP contribution >= 0.6 is 15.9 Å². The molecule has 0 saturated carbocycles. The fourth-order valence-electron chi connectivity index (χ4n) is 1.49. The van der Waals surface area contributed by atoms with Crippen molar-refractivity contribution in [2.75, 3.05) is 0 Å². The fourth-order valence-corrected chi connectivity index (χ4v) is 3.68. The van der Waals surface area contributed by atoms with Crippen molar-refractivity contribution in [2.45, 2.75) is 18.4 Å². The van der Waals surface area contributed by atoms with Crippen LogP contribution in [0.3, 0.4) is 0 Å². The molecule has 0 unspecified atom stereocenters. The standard InChI is InChI=1S/C12H12BrN3O2S/c1-9-2-3-12(11(13)6-9)19(17,18)16-7-10-4-5-14-8-15-10/h2-6,8,16H,7H2,1H3. The first-order chi connectivity index (χ1) is 8.99. The number of benzene rings is 1. The molecule has 1 aromatic carbocycles. The average Bonchev–Trinajstić information content (AvgIpc) is 2.37. The van der Waals surface area contributed by atoms with Crippen LogP contribution in [0.5, 0.6) is 0 Å². The number of hydrogen-bond acceptors (Lipinski definition) is 4. The van der Waals surface area contributed by atoms with Crippen LogP contribution < -0.4 is 4.72 Å².